The van der Waals surface area contributed by atoms with Crippen molar-refractivity contribution in [2.45, 2.75) is 26.2 Å². The minimum absolute atomic E-state index is 0.149. The predicted octanol–water partition coefficient (Wildman–Crippen LogP) is 1.94. The van der Waals surface area contributed by atoms with Crippen molar-refractivity contribution in [3.05, 3.63) is 59.4 Å². The van der Waals surface area contributed by atoms with Gasteiger partial charge in [-0.1, -0.05) is 18.2 Å². The zero-order chi connectivity index (χ0) is 27.9. The number of hydrogen-bond acceptors (Lipinski definition) is 8. The van der Waals surface area contributed by atoms with Crippen LogP contribution in [0.3, 0.4) is 0 Å². The maximum atomic E-state index is 13.3. The maximum absolute atomic E-state index is 13.3. The number of para-hydroxylation sites is 1. The van der Waals surface area contributed by atoms with Crippen molar-refractivity contribution in [2.24, 2.45) is 0 Å². The van der Waals surface area contributed by atoms with Gasteiger partial charge in [0, 0.05) is 19.5 Å². The lowest BCUT2D eigenvalue weighted by Gasteiger charge is -2.27. The summed E-state index contributed by atoms with van der Waals surface area (Å²) in [6.07, 6.45) is 1.18. The van der Waals surface area contributed by atoms with Crippen molar-refractivity contribution in [1.82, 2.24) is 30.3 Å². The Bertz CT molecular complexity index is 1320. The average Bonchev–Trinajstić information content (AvgIpc) is 3.61. The van der Waals surface area contributed by atoms with Gasteiger partial charge in [0.05, 0.1) is 39.3 Å². The lowest BCUT2D eigenvalue weighted by atomic mass is 10.1. The molecule has 206 valence electrons. The molecule has 0 spiro atoms. The SMILES string of the molecule is COc1cc(CCC(=O)NCC(=O)N2CCCN2C(=O)c2nn(-c3ccccc3)nc2C)cc(OC)c1OC. The van der Waals surface area contributed by atoms with Crippen LogP contribution in [0.5, 0.6) is 17.2 Å². The largest absolute Gasteiger partial charge is 0.493 e. The van der Waals surface area contributed by atoms with Crippen LogP contribution in [-0.2, 0) is 16.0 Å². The topological polar surface area (TPSA) is 128 Å². The first-order chi connectivity index (χ1) is 18.9. The second-order valence-electron chi connectivity index (χ2n) is 8.87. The van der Waals surface area contributed by atoms with E-state index in [9.17, 15) is 14.4 Å². The Balaban J connectivity index is 1.34. The smallest absolute Gasteiger partial charge is 0.294 e. The first-order valence-electron chi connectivity index (χ1n) is 12.5. The maximum Gasteiger partial charge on any atom is 0.294 e. The quantitative estimate of drug-likeness (QED) is 0.416. The summed E-state index contributed by atoms with van der Waals surface area (Å²) in [4.78, 5) is 40.1. The predicted molar refractivity (Wildman–Crippen MR) is 141 cm³/mol. The molecule has 12 heteroatoms. The number of carbonyl (C=O) groups is 3. The minimum Gasteiger partial charge on any atom is -0.493 e. The number of hydrazine groups is 1. The second-order valence-corrected chi connectivity index (χ2v) is 8.87. The molecule has 2 aromatic carbocycles. The van der Waals surface area contributed by atoms with Crippen LogP contribution in [0, 0.1) is 6.92 Å². The number of methoxy groups -OCH3 is 3. The van der Waals surface area contributed by atoms with Crippen molar-refractivity contribution >= 4 is 17.7 Å². The van der Waals surface area contributed by atoms with E-state index in [1.54, 1.807) is 19.1 Å². The van der Waals surface area contributed by atoms with Gasteiger partial charge in [0.15, 0.2) is 17.2 Å². The summed E-state index contributed by atoms with van der Waals surface area (Å²) in [5.74, 6) is 0.391. The fourth-order valence-electron chi connectivity index (χ4n) is 4.35. The molecule has 0 radical (unpaired) electrons. The summed E-state index contributed by atoms with van der Waals surface area (Å²) in [5, 5.41) is 14.1. The fraction of sp³-hybridized carbons (Fsp3) is 0.370. The highest BCUT2D eigenvalue weighted by molar-refractivity contribution is 5.95. The van der Waals surface area contributed by atoms with E-state index >= 15 is 0 Å². The lowest BCUT2D eigenvalue weighted by Crippen LogP contribution is -2.48. The average molecular weight is 537 g/mol. The number of benzene rings is 2. The van der Waals surface area contributed by atoms with E-state index in [0.29, 0.717) is 48.9 Å². The number of amides is 3. The fourth-order valence-corrected chi connectivity index (χ4v) is 4.35. The molecule has 12 nitrogen and oxygen atoms in total. The van der Waals surface area contributed by atoms with Gasteiger partial charge >= 0.3 is 0 Å². The molecule has 1 saturated heterocycles. The van der Waals surface area contributed by atoms with Gasteiger partial charge in [-0.3, -0.25) is 14.4 Å². The highest BCUT2D eigenvalue weighted by atomic mass is 16.5. The van der Waals surface area contributed by atoms with Crippen molar-refractivity contribution in [3.63, 3.8) is 0 Å². The third kappa shape index (κ3) is 6.11. The standard InChI is InChI=1S/C27H32N6O6/c1-18-25(30-33(29-18)20-9-6-5-7-10-20)27(36)32-14-8-13-31(32)24(35)17-28-23(34)12-11-19-15-21(37-2)26(39-4)22(16-19)38-3/h5-7,9-10,15-16H,8,11-14,17H2,1-4H3,(H,28,34). The Hall–Kier alpha value is -4.61. The van der Waals surface area contributed by atoms with Gasteiger partial charge in [0.1, 0.15) is 0 Å². The Morgan fingerprint density at radius 2 is 1.59 bits per heavy atom. The normalized spacial score (nSPS) is 12.8. The van der Waals surface area contributed by atoms with Gasteiger partial charge in [-0.2, -0.15) is 9.90 Å². The molecule has 0 unspecified atom stereocenters. The number of nitrogens with one attached hydrogen (secondary N) is 1. The first-order valence-corrected chi connectivity index (χ1v) is 12.5. The molecule has 4 rings (SSSR count). The summed E-state index contributed by atoms with van der Waals surface area (Å²) in [6.45, 7) is 2.22. The summed E-state index contributed by atoms with van der Waals surface area (Å²) in [5.41, 5.74) is 2.18. The molecular formula is C27H32N6O6. The van der Waals surface area contributed by atoms with Gasteiger partial charge in [0.2, 0.25) is 11.7 Å². The van der Waals surface area contributed by atoms with E-state index in [0.717, 1.165) is 11.3 Å². The van der Waals surface area contributed by atoms with Gasteiger partial charge in [-0.15, -0.1) is 5.10 Å². The van der Waals surface area contributed by atoms with Gasteiger partial charge in [-0.05, 0) is 49.6 Å². The van der Waals surface area contributed by atoms with Gasteiger partial charge in [-0.25, -0.2) is 10.0 Å². The van der Waals surface area contributed by atoms with E-state index in [-0.39, 0.29) is 30.5 Å². The van der Waals surface area contributed by atoms with Crippen LogP contribution in [0.2, 0.25) is 0 Å². The molecule has 3 aromatic rings. The Morgan fingerprint density at radius 1 is 0.923 bits per heavy atom. The highest BCUT2D eigenvalue weighted by Gasteiger charge is 2.33. The molecule has 0 atom stereocenters. The van der Waals surface area contributed by atoms with Crippen LogP contribution in [-0.4, -0.2) is 83.7 Å². The van der Waals surface area contributed by atoms with Crippen LogP contribution < -0.4 is 19.5 Å². The Morgan fingerprint density at radius 3 is 2.23 bits per heavy atom. The number of aromatic nitrogens is 3. The summed E-state index contributed by atoms with van der Waals surface area (Å²) < 4.78 is 16.0. The monoisotopic (exact) mass is 536 g/mol. The van der Waals surface area contributed by atoms with Crippen LogP contribution in [0.25, 0.3) is 5.69 Å². The van der Waals surface area contributed by atoms with E-state index < -0.39 is 5.91 Å². The minimum atomic E-state index is -0.408. The number of ether oxygens (including phenoxy) is 3. The zero-order valence-electron chi connectivity index (χ0n) is 22.5. The second kappa shape index (κ2) is 12.3. The van der Waals surface area contributed by atoms with E-state index in [2.05, 4.69) is 15.5 Å². The Kier molecular flexibility index (Phi) is 8.64. The van der Waals surface area contributed by atoms with Crippen molar-refractivity contribution in [3.8, 4) is 22.9 Å². The van der Waals surface area contributed by atoms with E-state index in [4.69, 9.17) is 14.2 Å². The summed E-state index contributed by atoms with van der Waals surface area (Å²) in [6, 6.07) is 12.8. The molecule has 1 fully saturated rings. The summed E-state index contributed by atoms with van der Waals surface area (Å²) in [7, 11) is 4.58. The van der Waals surface area contributed by atoms with Gasteiger partial charge in [0.25, 0.3) is 11.8 Å². The molecule has 0 saturated carbocycles. The molecule has 0 bridgehead atoms. The van der Waals surface area contributed by atoms with E-state index in [1.807, 2.05) is 30.3 Å². The first kappa shape index (κ1) is 27.4. The number of carbonyl (C=O) groups excluding carboxylic acids is 3. The van der Waals surface area contributed by atoms with Crippen molar-refractivity contribution in [1.29, 1.82) is 0 Å². The molecule has 1 aliphatic rings. The van der Waals surface area contributed by atoms with Crippen LogP contribution in [0.1, 0.15) is 34.6 Å². The summed E-state index contributed by atoms with van der Waals surface area (Å²) >= 11 is 0. The molecular weight excluding hydrogens is 504 g/mol. The molecule has 1 aromatic heterocycles. The lowest BCUT2D eigenvalue weighted by molar-refractivity contribution is -0.141. The third-order valence-corrected chi connectivity index (χ3v) is 6.33. The molecule has 1 N–H and O–H groups in total. The number of nitrogens with zero attached hydrogens (tertiary/aromatic N) is 5. The zero-order valence-corrected chi connectivity index (χ0v) is 22.5. The molecule has 3 amide bonds. The molecule has 2 heterocycles. The number of rotatable bonds is 10. The van der Waals surface area contributed by atoms with Crippen LogP contribution in [0.4, 0.5) is 0 Å². The van der Waals surface area contributed by atoms with Crippen molar-refractivity contribution in [2.75, 3.05) is 41.0 Å². The molecule has 39 heavy (non-hydrogen) atoms. The third-order valence-electron chi connectivity index (χ3n) is 6.33. The molecule has 1 aliphatic heterocycles. The number of hydrogen-bond donors (Lipinski definition) is 1. The van der Waals surface area contributed by atoms with Crippen molar-refractivity contribution < 1.29 is 28.6 Å². The van der Waals surface area contributed by atoms with Gasteiger partial charge < -0.3 is 19.5 Å². The highest BCUT2D eigenvalue weighted by Crippen LogP contribution is 2.38. The Labute approximate surface area is 226 Å². The number of aryl methyl sites for hydroxylation is 2. The van der Waals surface area contributed by atoms with E-state index in [1.165, 1.54) is 36.1 Å². The molecule has 0 aliphatic carbocycles. The van der Waals surface area contributed by atoms with Crippen LogP contribution in [0.15, 0.2) is 42.5 Å². The van der Waals surface area contributed by atoms with Crippen LogP contribution >= 0.6 is 0 Å².